The van der Waals surface area contributed by atoms with E-state index in [4.69, 9.17) is 14.2 Å². The minimum atomic E-state index is 0.766. The van der Waals surface area contributed by atoms with E-state index in [-0.39, 0.29) is 0 Å². The summed E-state index contributed by atoms with van der Waals surface area (Å²) in [5.74, 6) is 2.44. The van der Waals surface area contributed by atoms with Crippen LogP contribution in [0.4, 0.5) is 0 Å². The Balaban J connectivity index is 1.95. The predicted octanol–water partition coefficient (Wildman–Crippen LogP) is 3.89. The average molecular weight is 309 g/mol. The molecule has 0 unspecified atom stereocenters. The van der Waals surface area contributed by atoms with Crippen molar-refractivity contribution in [2.45, 2.75) is 13.0 Å². The highest BCUT2D eigenvalue weighted by Gasteiger charge is 2.21. The van der Waals surface area contributed by atoms with Crippen LogP contribution in [0.5, 0.6) is 17.2 Å². The molecule has 118 valence electrons. The second kappa shape index (κ2) is 5.23. The van der Waals surface area contributed by atoms with Crippen molar-refractivity contribution >= 4 is 10.9 Å². The molecule has 4 rings (SSSR count). The van der Waals surface area contributed by atoms with E-state index >= 15 is 0 Å². The van der Waals surface area contributed by atoms with Crippen LogP contribution in [0.1, 0.15) is 5.56 Å². The molecule has 0 radical (unpaired) electrons. The molecule has 0 aliphatic carbocycles. The van der Waals surface area contributed by atoms with E-state index in [1.807, 2.05) is 6.07 Å². The number of hydrogen-bond donors (Lipinski definition) is 0. The first-order chi connectivity index (χ1) is 11.2. The molecule has 0 saturated carbocycles. The Morgan fingerprint density at radius 2 is 1.65 bits per heavy atom. The summed E-state index contributed by atoms with van der Waals surface area (Å²) in [5, 5.41) is 1.23. The van der Waals surface area contributed by atoms with Crippen LogP contribution in [-0.2, 0) is 13.0 Å². The molecule has 0 N–H and O–H groups in total. The number of ether oxygens (including phenoxy) is 3. The lowest BCUT2D eigenvalue weighted by atomic mass is 9.97. The first-order valence-corrected chi connectivity index (χ1v) is 7.67. The number of aryl methyl sites for hydroxylation is 2. The van der Waals surface area contributed by atoms with Gasteiger partial charge in [0.05, 0.1) is 26.8 Å². The van der Waals surface area contributed by atoms with Crippen molar-refractivity contribution in [3.05, 3.63) is 42.0 Å². The number of rotatable bonds is 3. The largest absolute Gasteiger partial charge is 0.497 e. The van der Waals surface area contributed by atoms with Gasteiger partial charge in [0.15, 0.2) is 11.5 Å². The summed E-state index contributed by atoms with van der Waals surface area (Å²) in [4.78, 5) is 0. The van der Waals surface area contributed by atoms with Crippen LogP contribution in [0.15, 0.2) is 36.4 Å². The Kier molecular flexibility index (Phi) is 3.18. The molecule has 0 saturated heterocycles. The molecule has 0 bridgehead atoms. The van der Waals surface area contributed by atoms with Gasteiger partial charge in [-0.05, 0) is 42.3 Å². The molecule has 0 fully saturated rings. The van der Waals surface area contributed by atoms with Crippen LogP contribution in [0, 0.1) is 0 Å². The predicted molar refractivity (Wildman–Crippen MR) is 90.7 cm³/mol. The van der Waals surface area contributed by atoms with Crippen LogP contribution in [-0.4, -0.2) is 25.9 Å². The fourth-order valence-electron chi connectivity index (χ4n) is 3.42. The lowest BCUT2D eigenvalue weighted by Crippen LogP contribution is -2.11. The summed E-state index contributed by atoms with van der Waals surface area (Å²) < 4.78 is 18.6. The maximum absolute atomic E-state index is 5.47. The van der Waals surface area contributed by atoms with Crippen molar-refractivity contribution in [1.29, 1.82) is 0 Å². The molecule has 4 nitrogen and oxygen atoms in total. The van der Waals surface area contributed by atoms with Gasteiger partial charge in [-0.3, -0.25) is 0 Å². The van der Waals surface area contributed by atoms with Gasteiger partial charge in [-0.25, -0.2) is 0 Å². The minimum Gasteiger partial charge on any atom is -0.497 e. The SMILES string of the molecule is COc1ccc2cc3n(c2c1)CCc1cc(OC)c(OC)cc1-3. The van der Waals surface area contributed by atoms with Gasteiger partial charge in [0.1, 0.15) is 5.75 Å². The van der Waals surface area contributed by atoms with Crippen LogP contribution in [0.2, 0.25) is 0 Å². The lowest BCUT2D eigenvalue weighted by molar-refractivity contribution is 0.354. The summed E-state index contributed by atoms with van der Waals surface area (Å²) in [6.07, 6.45) is 0.976. The Bertz CT molecular complexity index is 895. The zero-order valence-corrected chi connectivity index (χ0v) is 13.6. The number of fused-ring (bicyclic) bond motifs is 5. The quantitative estimate of drug-likeness (QED) is 0.736. The van der Waals surface area contributed by atoms with Crippen molar-refractivity contribution in [2.75, 3.05) is 21.3 Å². The highest BCUT2D eigenvalue weighted by molar-refractivity contribution is 5.89. The van der Waals surface area contributed by atoms with E-state index in [1.165, 1.54) is 27.7 Å². The number of methoxy groups -OCH3 is 3. The van der Waals surface area contributed by atoms with Crippen molar-refractivity contribution in [2.24, 2.45) is 0 Å². The molecule has 3 aromatic rings. The maximum Gasteiger partial charge on any atom is 0.161 e. The summed E-state index contributed by atoms with van der Waals surface area (Å²) in [6, 6.07) is 12.6. The van der Waals surface area contributed by atoms with Crippen molar-refractivity contribution in [3.8, 4) is 28.5 Å². The van der Waals surface area contributed by atoms with Gasteiger partial charge in [-0.2, -0.15) is 0 Å². The third-order valence-electron chi connectivity index (χ3n) is 4.60. The first kappa shape index (κ1) is 14.0. The standard InChI is InChI=1S/C19H19NO3/c1-21-14-5-4-13-8-17-15-11-19(23-3)18(22-2)9-12(15)6-7-20(17)16(13)10-14/h4-5,8-11H,6-7H2,1-3H3. The van der Waals surface area contributed by atoms with Crippen LogP contribution >= 0.6 is 0 Å². The van der Waals surface area contributed by atoms with Crippen molar-refractivity contribution in [1.82, 2.24) is 4.57 Å². The number of hydrogen-bond acceptors (Lipinski definition) is 3. The maximum atomic E-state index is 5.47. The molecule has 0 spiro atoms. The van der Waals surface area contributed by atoms with Gasteiger partial charge in [0.25, 0.3) is 0 Å². The van der Waals surface area contributed by atoms with Gasteiger partial charge >= 0.3 is 0 Å². The summed E-state index contributed by atoms with van der Waals surface area (Å²) in [5.41, 5.74) is 4.93. The first-order valence-electron chi connectivity index (χ1n) is 7.67. The molecule has 1 aliphatic rings. The average Bonchev–Trinajstić information content (AvgIpc) is 2.98. The van der Waals surface area contributed by atoms with E-state index in [1.54, 1.807) is 21.3 Å². The van der Waals surface area contributed by atoms with Crippen molar-refractivity contribution in [3.63, 3.8) is 0 Å². The fraction of sp³-hybridized carbons (Fsp3) is 0.263. The highest BCUT2D eigenvalue weighted by atomic mass is 16.5. The molecule has 2 aromatic carbocycles. The summed E-state index contributed by atoms with van der Waals surface area (Å²) in [7, 11) is 5.05. The smallest absolute Gasteiger partial charge is 0.161 e. The molecule has 0 amide bonds. The second-order valence-electron chi connectivity index (χ2n) is 5.72. The fourth-order valence-corrected chi connectivity index (χ4v) is 3.42. The Morgan fingerprint density at radius 1 is 0.870 bits per heavy atom. The summed E-state index contributed by atoms with van der Waals surface area (Å²) in [6.45, 7) is 0.953. The van der Waals surface area contributed by atoms with Crippen LogP contribution in [0.25, 0.3) is 22.2 Å². The molecule has 1 aromatic heterocycles. The molecule has 0 atom stereocenters. The van der Waals surface area contributed by atoms with Gasteiger partial charge in [-0.1, -0.05) is 0 Å². The van der Waals surface area contributed by atoms with Crippen LogP contribution < -0.4 is 14.2 Å². The Labute approximate surface area is 135 Å². The molecule has 23 heavy (non-hydrogen) atoms. The number of aromatic nitrogens is 1. The van der Waals surface area contributed by atoms with E-state index in [2.05, 4.69) is 34.9 Å². The molecular formula is C19H19NO3. The van der Waals surface area contributed by atoms with Gasteiger partial charge in [0, 0.05) is 29.3 Å². The minimum absolute atomic E-state index is 0.766. The highest BCUT2D eigenvalue weighted by Crippen LogP contribution is 2.41. The molecule has 4 heteroatoms. The topological polar surface area (TPSA) is 32.6 Å². The Hall–Kier alpha value is -2.62. The van der Waals surface area contributed by atoms with E-state index < -0.39 is 0 Å². The van der Waals surface area contributed by atoms with Gasteiger partial charge < -0.3 is 18.8 Å². The van der Waals surface area contributed by atoms with Crippen molar-refractivity contribution < 1.29 is 14.2 Å². The Morgan fingerprint density at radius 3 is 2.39 bits per heavy atom. The third-order valence-corrected chi connectivity index (χ3v) is 4.60. The molecular weight excluding hydrogens is 290 g/mol. The second-order valence-corrected chi connectivity index (χ2v) is 5.72. The van der Waals surface area contributed by atoms with Crippen LogP contribution in [0.3, 0.4) is 0 Å². The zero-order chi connectivity index (χ0) is 16.0. The van der Waals surface area contributed by atoms with Gasteiger partial charge in [0.2, 0.25) is 0 Å². The number of benzene rings is 2. The van der Waals surface area contributed by atoms with Gasteiger partial charge in [-0.15, -0.1) is 0 Å². The normalized spacial score (nSPS) is 12.7. The van der Waals surface area contributed by atoms with E-state index in [0.29, 0.717) is 0 Å². The zero-order valence-electron chi connectivity index (χ0n) is 13.6. The molecule has 1 aliphatic heterocycles. The molecule has 2 heterocycles. The summed E-state index contributed by atoms with van der Waals surface area (Å²) >= 11 is 0. The monoisotopic (exact) mass is 309 g/mol. The lowest BCUT2D eigenvalue weighted by Gasteiger charge is -2.22. The third kappa shape index (κ3) is 2.05. The van der Waals surface area contributed by atoms with E-state index in [0.717, 1.165) is 30.2 Å². The van der Waals surface area contributed by atoms with E-state index in [9.17, 15) is 0 Å². The number of nitrogens with zero attached hydrogens (tertiary/aromatic N) is 1.